The lowest BCUT2D eigenvalue weighted by molar-refractivity contribution is 0.0696. The molecule has 140 valence electrons. The summed E-state index contributed by atoms with van der Waals surface area (Å²) in [5, 5.41) is 27.9. The third kappa shape index (κ3) is 4.13. The summed E-state index contributed by atoms with van der Waals surface area (Å²) in [4.78, 5) is 10.5. The fraction of sp³-hybridized carbons (Fsp3) is 0.462. The number of carboxylic acids is 1. The maximum absolute atomic E-state index is 12.9. The van der Waals surface area contributed by atoms with E-state index in [1.54, 1.807) is 0 Å². The van der Waals surface area contributed by atoms with E-state index in [2.05, 4.69) is 0 Å². The van der Waals surface area contributed by atoms with Crippen molar-refractivity contribution in [2.45, 2.75) is 17.0 Å². The van der Waals surface area contributed by atoms with Crippen LogP contribution in [0.15, 0.2) is 23.1 Å². The van der Waals surface area contributed by atoms with Crippen LogP contribution < -0.4 is 0 Å². The largest absolute Gasteiger partial charge is 0.478 e. The van der Waals surface area contributed by atoms with Crippen molar-refractivity contribution in [3.8, 4) is 0 Å². The molecule has 0 saturated carbocycles. The topological polar surface area (TPSA) is 149 Å². The molecular formula is C13H16ClNO8S2. The molecule has 9 nitrogen and oxygen atoms in total. The first kappa shape index (κ1) is 20.1. The van der Waals surface area contributed by atoms with Crippen LogP contribution in [-0.2, 0) is 19.9 Å². The van der Waals surface area contributed by atoms with Gasteiger partial charge < -0.3 is 15.3 Å². The number of hydrogen-bond donors (Lipinski definition) is 3. The highest BCUT2D eigenvalue weighted by molar-refractivity contribution is 7.92. The highest BCUT2D eigenvalue weighted by Gasteiger charge is 2.45. The maximum Gasteiger partial charge on any atom is 0.335 e. The molecular weight excluding hydrogens is 398 g/mol. The fourth-order valence-electron chi connectivity index (χ4n) is 2.61. The molecule has 1 heterocycles. The summed E-state index contributed by atoms with van der Waals surface area (Å²) in [7, 11) is -8.11. The van der Waals surface area contributed by atoms with Crippen molar-refractivity contribution < 1.29 is 36.9 Å². The van der Waals surface area contributed by atoms with Crippen molar-refractivity contribution >= 4 is 37.4 Å². The van der Waals surface area contributed by atoms with E-state index in [0.717, 1.165) is 18.2 Å². The Kier molecular flexibility index (Phi) is 5.76. The highest BCUT2D eigenvalue weighted by Crippen LogP contribution is 2.30. The predicted octanol–water partition coefficient (Wildman–Crippen LogP) is -0.821. The number of aliphatic hydroxyl groups is 2. The number of sulfone groups is 1. The van der Waals surface area contributed by atoms with Crippen molar-refractivity contribution in [3.05, 3.63) is 28.8 Å². The van der Waals surface area contributed by atoms with Gasteiger partial charge in [0, 0.05) is 6.54 Å². The number of hydrogen-bond acceptors (Lipinski definition) is 7. The number of carboxylic acid groups (broad SMARTS) is 1. The van der Waals surface area contributed by atoms with Gasteiger partial charge in [0.05, 0.1) is 40.8 Å². The second-order valence-electron chi connectivity index (χ2n) is 5.50. The minimum atomic E-state index is -4.46. The molecule has 1 saturated heterocycles. The van der Waals surface area contributed by atoms with Crippen LogP contribution >= 0.6 is 11.6 Å². The molecule has 1 fully saturated rings. The molecule has 12 heteroatoms. The Morgan fingerprint density at radius 3 is 2.44 bits per heavy atom. The quantitative estimate of drug-likeness (QED) is 0.547. The van der Waals surface area contributed by atoms with Crippen LogP contribution in [-0.4, -0.2) is 79.2 Å². The molecule has 2 rings (SSSR count). The van der Waals surface area contributed by atoms with Gasteiger partial charge in [0.2, 0.25) is 10.0 Å². The number of aromatic carboxylic acids is 1. The van der Waals surface area contributed by atoms with E-state index in [0.29, 0.717) is 4.31 Å². The van der Waals surface area contributed by atoms with Gasteiger partial charge in [-0.25, -0.2) is 21.6 Å². The third-order valence-corrected chi connectivity index (χ3v) is 7.85. The summed E-state index contributed by atoms with van der Waals surface area (Å²) in [6, 6.07) is 1.76. The normalized spacial score (nSPS) is 23.0. The van der Waals surface area contributed by atoms with Gasteiger partial charge in [-0.05, 0) is 18.2 Å². The van der Waals surface area contributed by atoms with Gasteiger partial charge in [-0.2, -0.15) is 4.31 Å². The zero-order valence-electron chi connectivity index (χ0n) is 12.7. The van der Waals surface area contributed by atoms with E-state index in [1.165, 1.54) is 0 Å². The standard InChI is InChI=1S/C13H16ClNO8S2/c14-9-2-1-8(13(18)19)5-12(9)25(22,23)15(3-4-16)10-6-24(20,21)7-11(10)17/h1-2,5,10-11,16-17H,3-4,6-7H2,(H,18,19)/t10-,11+/m1/s1. The number of rotatable bonds is 6. The van der Waals surface area contributed by atoms with Crippen molar-refractivity contribution in [3.63, 3.8) is 0 Å². The molecule has 0 aliphatic carbocycles. The van der Waals surface area contributed by atoms with Gasteiger partial charge in [-0.1, -0.05) is 11.6 Å². The van der Waals surface area contributed by atoms with E-state index in [-0.39, 0.29) is 10.6 Å². The summed E-state index contributed by atoms with van der Waals surface area (Å²) in [6.45, 7) is -1.11. The fourth-order valence-corrected chi connectivity index (χ4v) is 6.65. The van der Waals surface area contributed by atoms with Gasteiger partial charge in [0.15, 0.2) is 9.84 Å². The lowest BCUT2D eigenvalue weighted by Crippen LogP contribution is -2.48. The van der Waals surface area contributed by atoms with E-state index in [9.17, 15) is 31.8 Å². The van der Waals surface area contributed by atoms with Gasteiger partial charge in [0.25, 0.3) is 0 Å². The Balaban J connectivity index is 2.54. The molecule has 1 aliphatic heterocycles. The molecule has 0 amide bonds. The lowest BCUT2D eigenvalue weighted by atomic mass is 10.2. The molecule has 0 aromatic heterocycles. The summed E-state index contributed by atoms with van der Waals surface area (Å²) in [5.41, 5.74) is -0.327. The van der Waals surface area contributed by atoms with Crippen LogP contribution in [0.2, 0.25) is 5.02 Å². The summed E-state index contributed by atoms with van der Waals surface area (Å²) in [5.74, 6) is -2.58. The Labute approximate surface area is 149 Å². The molecule has 0 spiro atoms. The van der Waals surface area contributed by atoms with E-state index in [4.69, 9.17) is 16.7 Å². The van der Waals surface area contributed by atoms with Crippen LogP contribution in [0.5, 0.6) is 0 Å². The molecule has 3 N–H and O–H groups in total. The second-order valence-corrected chi connectivity index (χ2v) is 9.92. The Bertz CT molecular complexity index is 883. The van der Waals surface area contributed by atoms with Crippen LogP contribution in [0.25, 0.3) is 0 Å². The van der Waals surface area contributed by atoms with E-state index in [1.807, 2.05) is 0 Å². The smallest absolute Gasteiger partial charge is 0.335 e. The highest BCUT2D eigenvalue weighted by atomic mass is 35.5. The minimum absolute atomic E-state index is 0.261. The monoisotopic (exact) mass is 413 g/mol. The number of halogens is 1. The molecule has 0 unspecified atom stereocenters. The first-order valence-corrected chi connectivity index (χ1v) is 10.7. The number of carbonyl (C=O) groups is 1. The second kappa shape index (κ2) is 7.17. The van der Waals surface area contributed by atoms with Gasteiger partial charge in [-0.15, -0.1) is 0 Å². The van der Waals surface area contributed by atoms with E-state index < -0.39 is 67.5 Å². The maximum atomic E-state index is 12.9. The van der Waals surface area contributed by atoms with Gasteiger partial charge in [-0.3, -0.25) is 0 Å². The average Bonchev–Trinajstić information content (AvgIpc) is 2.77. The summed E-state index contributed by atoms with van der Waals surface area (Å²) < 4.78 is 49.8. The Morgan fingerprint density at radius 1 is 1.32 bits per heavy atom. The molecule has 0 radical (unpaired) electrons. The first-order valence-electron chi connectivity index (χ1n) is 7.03. The van der Waals surface area contributed by atoms with Crippen LogP contribution in [0, 0.1) is 0 Å². The molecule has 1 aromatic carbocycles. The zero-order valence-corrected chi connectivity index (χ0v) is 15.1. The summed E-state index contributed by atoms with van der Waals surface area (Å²) >= 11 is 5.89. The molecule has 0 bridgehead atoms. The number of nitrogens with zero attached hydrogens (tertiary/aromatic N) is 1. The van der Waals surface area contributed by atoms with Crippen LogP contribution in [0.1, 0.15) is 10.4 Å². The number of sulfonamides is 1. The van der Waals surface area contributed by atoms with Gasteiger partial charge in [0.1, 0.15) is 4.90 Å². The third-order valence-electron chi connectivity index (χ3n) is 3.75. The molecule has 1 aliphatic rings. The Morgan fingerprint density at radius 2 is 1.96 bits per heavy atom. The lowest BCUT2D eigenvalue weighted by Gasteiger charge is -2.29. The molecule has 2 atom stereocenters. The Hall–Kier alpha value is -1.24. The summed E-state index contributed by atoms with van der Waals surface area (Å²) in [6.07, 6.45) is -1.47. The SMILES string of the molecule is O=C(O)c1ccc(Cl)c(S(=O)(=O)N(CCO)[C@@H]2CS(=O)(=O)C[C@@H]2O)c1. The zero-order chi connectivity index (χ0) is 19.0. The number of benzene rings is 1. The van der Waals surface area contributed by atoms with Crippen LogP contribution in [0.4, 0.5) is 0 Å². The van der Waals surface area contributed by atoms with Crippen molar-refractivity contribution in [2.24, 2.45) is 0 Å². The minimum Gasteiger partial charge on any atom is -0.478 e. The van der Waals surface area contributed by atoms with Crippen molar-refractivity contribution in [1.82, 2.24) is 4.31 Å². The predicted molar refractivity (Wildman–Crippen MR) is 87.8 cm³/mol. The molecule has 1 aromatic rings. The average molecular weight is 414 g/mol. The van der Waals surface area contributed by atoms with Gasteiger partial charge >= 0.3 is 5.97 Å². The van der Waals surface area contributed by atoms with Crippen molar-refractivity contribution in [1.29, 1.82) is 0 Å². The van der Waals surface area contributed by atoms with Crippen molar-refractivity contribution in [2.75, 3.05) is 24.7 Å². The molecule has 25 heavy (non-hydrogen) atoms. The van der Waals surface area contributed by atoms with E-state index >= 15 is 0 Å². The van der Waals surface area contributed by atoms with Crippen LogP contribution in [0.3, 0.4) is 0 Å². The number of aliphatic hydroxyl groups excluding tert-OH is 2. The first-order chi connectivity index (χ1) is 11.5.